The Labute approximate surface area is 116 Å². The SMILES string of the molecule is C#CC#CC#CC.N#Cc1ccc(CN=[N+]=[N-])cc1F. The Morgan fingerprint density at radius 1 is 1.40 bits per heavy atom. The first-order valence-electron chi connectivity index (χ1n) is 5.26. The van der Waals surface area contributed by atoms with Crippen molar-refractivity contribution in [3.63, 3.8) is 0 Å². The Morgan fingerprint density at radius 2 is 2.15 bits per heavy atom. The van der Waals surface area contributed by atoms with Crippen molar-refractivity contribution in [3.05, 3.63) is 45.6 Å². The molecule has 0 aliphatic carbocycles. The zero-order valence-electron chi connectivity index (χ0n) is 10.7. The molecule has 0 saturated carbocycles. The summed E-state index contributed by atoms with van der Waals surface area (Å²) in [4.78, 5) is 2.54. The Balaban J connectivity index is 0.000000441. The molecule has 0 saturated heterocycles. The molecule has 4 nitrogen and oxygen atoms in total. The van der Waals surface area contributed by atoms with E-state index in [0.717, 1.165) is 0 Å². The van der Waals surface area contributed by atoms with E-state index in [1.54, 1.807) is 19.1 Å². The van der Waals surface area contributed by atoms with Crippen molar-refractivity contribution < 1.29 is 4.39 Å². The molecule has 96 valence electrons. The predicted molar refractivity (Wildman–Crippen MR) is 74.0 cm³/mol. The average molecular weight is 264 g/mol. The number of rotatable bonds is 2. The molecule has 0 aliphatic heterocycles. The molecule has 0 unspecified atom stereocenters. The molecule has 0 aliphatic rings. The molecular formula is C15H9FN4. The summed E-state index contributed by atoms with van der Waals surface area (Å²) in [7, 11) is 0. The van der Waals surface area contributed by atoms with Gasteiger partial charge in [-0.15, -0.1) is 6.42 Å². The van der Waals surface area contributed by atoms with Gasteiger partial charge in [0.2, 0.25) is 0 Å². The first kappa shape index (κ1) is 16.6. The zero-order valence-corrected chi connectivity index (χ0v) is 10.7. The molecule has 0 aromatic heterocycles. The van der Waals surface area contributed by atoms with Gasteiger partial charge in [-0.1, -0.05) is 17.1 Å². The maximum absolute atomic E-state index is 12.9. The summed E-state index contributed by atoms with van der Waals surface area (Å²) in [5.41, 5.74) is 8.55. The van der Waals surface area contributed by atoms with Crippen LogP contribution in [0.3, 0.4) is 0 Å². The van der Waals surface area contributed by atoms with Gasteiger partial charge in [0, 0.05) is 4.91 Å². The quantitative estimate of drug-likeness (QED) is 0.350. The predicted octanol–water partition coefficient (Wildman–Crippen LogP) is 3.15. The number of halogens is 1. The normalized spacial score (nSPS) is 6.80. The Bertz CT molecular complexity index is 709. The summed E-state index contributed by atoms with van der Waals surface area (Å²) >= 11 is 0. The first-order chi connectivity index (χ1) is 9.69. The van der Waals surface area contributed by atoms with Crippen LogP contribution in [0.4, 0.5) is 4.39 Å². The smallest absolute Gasteiger partial charge is 0.141 e. The lowest BCUT2D eigenvalue weighted by atomic mass is 10.1. The van der Waals surface area contributed by atoms with Crippen LogP contribution in [0.1, 0.15) is 18.1 Å². The van der Waals surface area contributed by atoms with Crippen LogP contribution in [-0.2, 0) is 6.54 Å². The van der Waals surface area contributed by atoms with Gasteiger partial charge in [-0.3, -0.25) is 0 Å². The molecule has 0 radical (unpaired) electrons. The van der Waals surface area contributed by atoms with Crippen LogP contribution >= 0.6 is 0 Å². The van der Waals surface area contributed by atoms with Crippen LogP contribution in [0.5, 0.6) is 0 Å². The number of nitrogens with zero attached hydrogens (tertiary/aromatic N) is 4. The minimum absolute atomic E-state index is 0.00955. The van der Waals surface area contributed by atoms with E-state index in [1.165, 1.54) is 12.1 Å². The summed E-state index contributed by atoms with van der Waals surface area (Å²) in [5, 5.41) is 11.7. The lowest BCUT2D eigenvalue weighted by Crippen LogP contribution is -1.87. The van der Waals surface area contributed by atoms with Gasteiger partial charge in [-0.2, -0.15) is 5.26 Å². The number of benzene rings is 1. The van der Waals surface area contributed by atoms with Crippen LogP contribution in [0.2, 0.25) is 0 Å². The maximum Gasteiger partial charge on any atom is 0.141 e. The molecule has 1 aromatic carbocycles. The van der Waals surface area contributed by atoms with E-state index in [1.807, 2.05) is 0 Å². The highest BCUT2D eigenvalue weighted by Crippen LogP contribution is 2.10. The van der Waals surface area contributed by atoms with Crippen molar-refractivity contribution in [2.24, 2.45) is 5.11 Å². The number of hydrogen-bond donors (Lipinski definition) is 0. The number of nitriles is 1. The van der Waals surface area contributed by atoms with E-state index in [0.29, 0.717) is 5.56 Å². The summed E-state index contributed by atoms with van der Waals surface area (Å²) in [6.07, 6.45) is 4.78. The van der Waals surface area contributed by atoms with Crippen molar-refractivity contribution in [2.45, 2.75) is 13.5 Å². The third-order valence-corrected chi connectivity index (χ3v) is 1.79. The van der Waals surface area contributed by atoms with Gasteiger partial charge in [-0.05, 0) is 53.8 Å². The van der Waals surface area contributed by atoms with Crippen molar-refractivity contribution >= 4 is 0 Å². The summed E-state index contributed by atoms with van der Waals surface area (Å²) in [6, 6.07) is 5.80. The van der Waals surface area contributed by atoms with Gasteiger partial charge in [0.1, 0.15) is 11.9 Å². The molecule has 1 aromatic rings. The zero-order chi connectivity index (χ0) is 15.2. The lowest BCUT2D eigenvalue weighted by Gasteiger charge is -1.96. The lowest BCUT2D eigenvalue weighted by molar-refractivity contribution is 0.621. The fourth-order valence-electron chi connectivity index (χ4n) is 0.991. The minimum Gasteiger partial charge on any atom is -0.206 e. The summed E-state index contributed by atoms with van der Waals surface area (Å²) in [6.45, 7) is 1.81. The summed E-state index contributed by atoms with van der Waals surface area (Å²) in [5.74, 6) is 11.4. The molecule has 1 rings (SSSR count). The van der Waals surface area contributed by atoms with Gasteiger partial charge in [0.25, 0.3) is 0 Å². The fraction of sp³-hybridized carbons (Fsp3) is 0.133. The highest BCUT2D eigenvalue weighted by Gasteiger charge is 2.01. The first-order valence-corrected chi connectivity index (χ1v) is 5.26. The second-order valence-electron chi connectivity index (χ2n) is 3.08. The topological polar surface area (TPSA) is 72.5 Å². The fourth-order valence-corrected chi connectivity index (χ4v) is 0.991. The third-order valence-electron chi connectivity index (χ3n) is 1.79. The van der Waals surface area contributed by atoms with Crippen molar-refractivity contribution in [3.8, 4) is 42.1 Å². The Hall–Kier alpha value is -3.37. The number of azide groups is 1. The molecule has 0 N–H and O–H groups in total. The van der Waals surface area contributed by atoms with Gasteiger partial charge in [-0.25, -0.2) is 4.39 Å². The molecule has 0 bridgehead atoms. The maximum atomic E-state index is 12.9. The molecule has 0 atom stereocenters. The van der Waals surface area contributed by atoms with Crippen LogP contribution in [0, 0.1) is 53.2 Å². The molecule has 0 spiro atoms. The van der Waals surface area contributed by atoms with Crippen LogP contribution in [-0.4, -0.2) is 0 Å². The highest BCUT2D eigenvalue weighted by molar-refractivity contribution is 5.33. The Morgan fingerprint density at radius 3 is 2.65 bits per heavy atom. The molecule has 20 heavy (non-hydrogen) atoms. The molecular weight excluding hydrogens is 255 g/mol. The molecule has 0 fully saturated rings. The molecule has 0 amide bonds. The van der Waals surface area contributed by atoms with Gasteiger partial charge in [0.15, 0.2) is 0 Å². The van der Waals surface area contributed by atoms with E-state index < -0.39 is 5.82 Å². The third kappa shape index (κ3) is 7.05. The van der Waals surface area contributed by atoms with Gasteiger partial charge < -0.3 is 0 Å². The van der Waals surface area contributed by atoms with Crippen LogP contribution in [0.25, 0.3) is 10.4 Å². The Kier molecular flexibility index (Phi) is 8.95. The van der Waals surface area contributed by atoms with Crippen molar-refractivity contribution in [1.29, 1.82) is 5.26 Å². The number of hydrogen-bond acceptors (Lipinski definition) is 2. The van der Waals surface area contributed by atoms with Crippen LogP contribution in [0.15, 0.2) is 23.3 Å². The van der Waals surface area contributed by atoms with Gasteiger partial charge >= 0.3 is 0 Å². The van der Waals surface area contributed by atoms with Crippen molar-refractivity contribution in [2.75, 3.05) is 0 Å². The van der Waals surface area contributed by atoms with Gasteiger partial charge in [0.05, 0.1) is 12.1 Å². The largest absolute Gasteiger partial charge is 0.206 e. The summed E-state index contributed by atoms with van der Waals surface area (Å²) < 4.78 is 12.9. The van der Waals surface area contributed by atoms with E-state index in [4.69, 9.17) is 17.2 Å². The monoisotopic (exact) mass is 264 g/mol. The van der Waals surface area contributed by atoms with Crippen LogP contribution < -0.4 is 0 Å². The van der Waals surface area contributed by atoms with E-state index in [2.05, 4.69) is 39.6 Å². The second-order valence-corrected chi connectivity index (χ2v) is 3.08. The minimum atomic E-state index is -0.590. The van der Waals surface area contributed by atoms with E-state index in [-0.39, 0.29) is 12.1 Å². The second kappa shape index (κ2) is 10.8. The van der Waals surface area contributed by atoms with E-state index in [9.17, 15) is 4.39 Å². The standard InChI is InChI=1S/C8H5FN4.C7H4/c9-8-3-6(5-12-13-11)1-2-7(8)4-10;1-3-5-7-6-4-2/h1-3H,5H2;1H,2H3. The van der Waals surface area contributed by atoms with Crippen molar-refractivity contribution in [1.82, 2.24) is 0 Å². The average Bonchev–Trinajstić information content (AvgIpc) is 2.46. The van der Waals surface area contributed by atoms with E-state index >= 15 is 0 Å². The molecule has 0 heterocycles. The number of terminal acetylenes is 1. The highest BCUT2D eigenvalue weighted by atomic mass is 19.1. The molecule has 5 heteroatoms.